The fraction of sp³-hybridized carbons (Fsp3) is 0.429. The second-order valence-corrected chi connectivity index (χ2v) is 6.19. The zero-order chi connectivity index (χ0) is 11.9. The standard InChI is InChI=1S/C14H14N2S/c1-10-16-12-4-3-11(7-13(12)17-10)8-14(9-15)5-2-6-14/h3-4,7H,2,5-6,8H2,1H3. The van der Waals surface area contributed by atoms with Crippen LogP contribution in [0.5, 0.6) is 0 Å². The van der Waals surface area contributed by atoms with Crippen molar-refractivity contribution in [2.75, 3.05) is 0 Å². The van der Waals surface area contributed by atoms with E-state index in [0.29, 0.717) is 0 Å². The molecule has 0 spiro atoms. The SMILES string of the molecule is Cc1nc2ccc(CC3(C#N)CCC3)cc2s1. The molecule has 3 rings (SSSR count). The molecule has 1 aromatic carbocycles. The third kappa shape index (κ3) is 1.83. The van der Waals surface area contributed by atoms with Crippen LogP contribution >= 0.6 is 11.3 Å². The van der Waals surface area contributed by atoms with Gasteiger partial charge in [-0.3, -0.25) is 0 Å². The van der Waals surface area contributed by atoms with Crippen molar-refractivity contribution in [3.63, 3.8) is 0 Å². The molecule has 0 bridgehead atoms. The highest BCUT2D eigenvalue weighted by Gasteiger charge is 2.37. The number of hydrogen-bond donors (Lipinski definition) is 0. The molecular formula is C14H14N2S. The Labute approximate surface area is 105 Å². The molecule has 1 aromatic heterocycles. The Kier molecular flexibility index (Phi) is 2.41. The molecule has 0 radical (unpaired) electrons. The van der Waals surface area contributed by atoms with Gasteiger partial charge in [0.2, 0.25) is 0 Å². The van der Waals surface area contributed by atoms with Crippen molar-refractivity contribution in [3.05, 3.63) is 28.8 Å². The number of thiazole rings is 1. The van der Waals surface area contributed by atoms with Crippen LogP contribution in [0.15, 0.2) is 18.2 Å². The number of aryl methyl sites for hydroxylation is 1. The third-order valence-electron chi connectivity index (χ3n) is 3.65. The van der Waals surface area contributed by atoms with E-state index in [1.54, 1.807) is 11.3 Å². The smallest absolute Gasteiger partial charge is 0.0907 e. The summed E-state index contributed by atoms with van der Waals surface area (Å²) in [4.78, 5) is 4.46. The summed E-state index contributed by atoms with van der Waals surface area (Å²) in [5.74, 6) is 0. The quantitative estimate of drug-likeness (QED) is 0.802. The van der Waals surface area contributed by atoms with E-state index >= 15 is 0 Å². The van der Waals surface area contributed by atoms with E-state index in [2.05, 4.69) is 29.3 Å². The largest absolute Gasteiger partial charge is 0.242 e. The number of rotatable bonds is 2. The maximum Gasteiger partial charge on any atom is 0.0907 e. The lowest BCUT2D eigenvalue weighted by molar-refractivity contribution is 0.214. The summed E-state index contributed by atoms with van der Waals surface area (Å²) in [5, 5.41) is 10.4. The average molecular weight is 242 g/mol. The minimum Gasteiger partial charge on any atom is -0.242 e. The molecule has 1 fully saturated rings. The number of aromatic nitrogens is 1. The van der Waals surface area contributed by atoms with E-state index in [9.17, 15) is 5.26 Å². The number of fused-ring (bicyclic) bond motifs is 1. The zero-order valence-electron chi connectivity index (χ0n) is 9.86. The van der Waals surface area contributed by atoms with Crippen LogP contribution in [0.1, 0.15) is 29.8 Å². The Morgan fingerprint density at radius 2 is 2.29 bits per heavy atom. The van der Waals surface area contributed by atoms with Gasteiger partial charge >= 0.3 is 0 Å². The number of benzene rings is 1. The summed E-state index contributed by atoms with van der Waals surface area (Å²) in [7, 11) is 0. The number of nitriles is 1. The third-order valence-corrected chi connectivity index (χ3v) is 4.58. The van der Waals surface area contributed by atoms with Gasteiger partial charge in [0.25, 0.3) is 0 Å². The first-order chi connectivity index (χ1) is 8.21. The predicted octanol–water partition coefficient (Wildman–Crippen LogP) is 3.84. The highest BCUT2D eigenvalue weighted by molar-refractivity contribution is 7.18. The topological polar surface area (TPSA) is 36.7 Å². The van der Waals surface area contributed by atoms with Crippen molar-refractivity contribution < 1.29 is 0 Å². The van der Waals surface area contributed by atoms with Gasteiger partial charge in [-0.1, -0.05) is 12.5 Å². The summed E-state index contributed by atoms with van der Waals surface area (Å²) < 4.78 is 1.24. The summed E-state index contributed by atoms with van der Waals surface area (Å²) in [5.41, 5.74) is 2.28. The van der Waals surface area contributed by atoms with Gasteiger partial charge in [-0.15, -0.1) is 11.3 Å². The van der Waals surface area contributed by atoms with Gasteiger partial charge in [0, 0.05) is 0 Å². The van der Waals surface area contributed by atoms with E-state index in [-0.39, 0.29) is 5.41 Å². The van der Waals surface area contributed by atoms with Crippen molar-refractivity contribution in [3.8, 4) is 6.07 Å². The molecule has 1 saturated carbocycles. The Morgan fingerprint density at radius 1 is 1.47 bits per heavy atom. The van der Waals surface area contributed by atoms with Gasteiger partial charge in [-0.05, 0) is 43.9 Å². The average Bonchev–Trinajstić information content (AvgIpc) is 2.63. The summed E-state index contributed by atoms with van der Waals surface area (Å²) in [6.07, 6.45) is 4.22. The molecule has 0 aliphatic heterocycles. The van der Waals surface area contributed by atoms with E-state index in [4.69, 9.17) is 0 Å². The van der Waals surface area contributed by atoms with Gasteiger partial charge < -0.3 is 0 Å². The molecule has 0 unspecified atom stereocenters. The van der Waals surface area contributed by atoms with Crippen LogP contribution in [0.4, 0.5) is 0 Å². The fourth-order valence-corrected chi connectivity index (χ4v) is 3.41. The lowest BCUT2D eigenvalue weighted by Crippen LogP contribution is -2.29. The molecule has 1 aliphatic rings. The second-order valence-electron chi connectivity index (χ2n) is 4.96. The highest BCUT2D eigenvalue weighted by atomic mass is 32.1. The molecular weight excluding hydrogens is 228 g/mol. The molecule has 0 amide bonds. The van der Waals surface area contributed by atoms with Crippen LogP contribution in [0.3, 0.4) is 0 Å². The lowest BCUT2D eigenvalue weighted by atomic mass is 9.66. The molecule has 17 heavy (non-hydrogen) atoms. The summed E-state index contributed by atoms with van der Waals surface area (Å²) in [6.45, 7) is 2.03. The molecule has 2 aromatic rings. The first-order valence-electron chi connectivity index (χ1n) is 5.98. The summed E-state index contributed by atoms with van der Waals surface area (Å²) >= 11 is 1.73. The second kappa shape index (κ2) is 3.82. The lowest BCUT2D eigenvalue weighted by Gasteiger charge is -2.35. The molecule has 86 valence electrons. The number of nitrogens with zero attached hydrogens (tertiary/aromatic N) is 2. The van der Waals surface area contributed by atoms with Crippen LogP contribution in [0.2, 0.25) is 0 Å². The monoisotopic (exact) mass is 242 g/mol. The van der Waals surface area contributed by atoms with Crippen LogP contribution in [0.25, 0.3) is 10.2 Å². The fourth-order valence-electron chi connectivity index (χ4n) is 2.52. The maximum absolute atomic E-state index is 9.26. The van der Waals surface area contributed by atoms with Crippen molar-refractivity contribution in [2.24, 2.45) is 5.41 Å². The first-order valence-corrected chi connectivity index (χ1v) is 6.80. The van der Waals surface area contributed by atoms with E-state index in [1.165, 1.54) is 16.7 Å². The van der Waals surface area contributed by atoms with E-state index in [0.717, 1.165) is 29.8 Å². The molecule has 3 heteroatoms. The van der Waals surface area contributed by atoms with Crippen LogP contribution in [-0.4, -0.2) is 4.98 Å². The maximum atomic E-state index is 9.26. The Morgan fingerprint density at radius 3 is 2.94 bits per heavy atom. The van der Waals surface area contributed by atoms with Crippen LogP contribution in [-0.2, 0) is 6.42 Å². The van der Waals surface area contributed by atoms with Gasteiger partial charge in [-0.25, -0.2) is 4.98 Å². The van der Waals surface area contributed by atoms with Crippen molar-refractivity contribution in [1.82, 2.24) is 4.98 Å². The van der Waals surface area contributed by atoms with E-state index < -0.39 is 0 Å². The Bertz CT molecular complexity index is 602. The zero-order valence-corrected chi connectivity index (χ0v) is 10.7. The number of hydrogen-bond acceptors (Lipinski definition) is 3. The minimum absolute atomic E-state index is 0.0760. The molecule has 1 heterocycles. The van der Waals surface area contributed by atoms with E-state index in [1.807, 2.05) is 6.92 Å². The summed E-state index contributed by atoms with van der Waals surface area (Å²) in [6, 6.07) is 8.92. The Balaban J connectivity index is 1.93. The van der Waals surface area contributed by atoms with Crippen molar-refractivity contribution in [2.45, 2.75) is 32.6 Å². The minimum atomic E-state index is -0.0760. The van der Waals surface area contributed by atoms with Crippen molar-refractivity contribution >= 4 is 21.6 Å². The van der Waals surface area contributed by atoms with Gasteiger partial charge in [0.15, 0.2) is 0 Å². The van der Waals surface area contributed by atoms with Gasteiger partial charge in [0.1, 0.15) is 0 Å². The first kappa shape index (κ1) is 10.7. The molecule has 0 atom stereocenters. The highest BCUT2D eigenvalue weighted by Crippen LogP contribution is 2.43. The Hall–Kier alpha value is -1.40. The molecule has 2 nitrogen and oxygen atoms in total. The predicted molar refractivity (Wildman–Crippen MR) is 70.0 cm³/mol. The van der Waals surface area contributed by atoms with Gasteiger partial charge in [0.05, 0.1) is 26.7 Å². The normalized spacial score (nSPS) is 17.6. The molecule has 1 aliphatic carbocycles. The molecule has 0 saturated heterocycles. The van der Waals surface area contributed by atoms with Gasteiger partial charge in [-0.2, -0.15) is 5.26 Å². The van der Waals surface area contributed by atoms with Crippen molar-refractivity contribution in [1.29, 1.82) is 5.26 Å². The van der Waals surface area contributed by atoms with Crippen LogP contribution in [0, 0.1) is 23.7 Å². The van der Waals surface area contributed by atoms with Crippen LogP contribution < -0.4 is 0 Å². The molecule has 0 N–H and O–H groups in total.